The maximum absolute atomic E-state index is 11.7. The molecule has 0 aromatic carbocycles. The summed E-state index contributed by atoms with van der Waals surface area (Å²) in [6.45, 7) is 7.12. The van der Waals surface area contributed by atoms with Crippen LogP contribution in [0.1, 0.15) is 40.5 Å². The molecule has 0 fully saturated rings. The van der Waals surface area contributed by atoms with Crippen molar-refractivity contribution in [3.8, 4) is 0 Å². The van der Waals surface area contributed by atoms with Crippen molar-refractivity contribution in [1.82, 2.24) is 0 Å². The van der Waals surface area contributed by atoms with E-state index < -0.39 is 23.7 Å². The Balaban J connectivity index is 4.37. The first kappa shape index (κ1) is 16.2. The quantitative estimate of drug-likeness (QED) is 0.360. The van der Waals surface area contributed by atoms with Gasteiger partial charge in [0.05, 0.1) is 5.41 Å². The molecule has 18 heavy (non-hydrogen) atoms. The number of hydrogen-bond donors (Lipinski definition) is 1. The highest BCUT2D eigenvalue weighted by atomic mass is 17.3. The van der Waals surface area contributed by atoms with Crippen molar-refractivity contribution < 1.29 is 34.0 Å². The highest BCUT2D eigenvalue weighted by Crippen LogP contribution is 2.31. The van der Waals surface area contributed by atoms with E-state index in [-0.39, 0.29) is 5.92 Å². The molecule has 0 aromatic rings. The minimum atomic E-state index is -1.81. The second-order valence-electron chi connectivity index (χ2n) is 4.48. The maximum atomic E-state index is 11.7. The summed E-state index contributed by atoms with van der Waals surface area (Å²) < 4.78 is 4.34. The largest absolute Gasteiger partial charge is 0.558 e. The molecule has 1 atom stereocenters. The average Bonchev–Trinajstić information content (AvgIpc) is 2.26. The van der Waals surface area contributed by atoms with Gasteiger partial charge in [0, 0.05) is 0 Å². The second-order valence-corrected chi connectivity index (χ2v) is 4.48. The Hall–Kier alpha value is -1.79. The zero-order chi connectivity index (χ0) is 14.3. The van der Waals surface area contributed by atoms with Crippen LogP contribution in [0, 0.1) is 11.3 Å². The first-order valence-corrected chi connectivity index (χ1v) is 5.55. The molecule has 104 valence electrons. The normalized spacial score (nSPS) is 12.4. The molecule has 0 amide bonds. The average molecular weight is 262 g/mol. The number of hydrogen-bond acceptors (Lipinski definition) is 6. The van der Waals surface area contributed by atoms with Gasteiger partial charge in [0.25, 0.3) is 0 Å². The van der Waals surface area contributed by atoms with Gasteiger partial charge in [-0.1, -0.05) is 20.3 Å². The summed E-state index contributed by atoms with van der Waals surface area (Å²) in [4.78, 5) is 39.8. The van der Waals surface area contributed by atoms with Crippen LogP contribution in [0.5, 0.6) is 0 Å². The number of carbonyl (C=O) groups excluding carboxylic acids is 2. The molecule has 0 heterocycles. The van der Waals surface area contributed by atoms with Gasteiger partial charge in [-0.05, 0) is 26.2 Å². The summed E-state index contributed by atoms with van der Waals surface area (Å²) in [5.74, 6) is -0.786. The van der Waals surface area contributed by atoms with Gasteiger partial charge in [0.1, 0.15) is 0 Å². The molecule has 7 heteroatoms. The van der Waals surface area contributed by atoms with Crippen LogP contribution in [0.25, 0.3) is 0 Å². The van der Waals surface area contributed by atoms with Crippen LogP contribution in [0.2, 0.25) is 0 Å². The lowest BCUT2D eigenvalue weighted by Crippen LogP contribution is -2.35. The van der Waals surface area contributed by atoms with Crippen molar-refractivity contribution in [1.29, 1.82) is 0 Å². The van der Waals surface area contributed by atoms with E-state index in [1.54, 1.807) is 13.8 Å². The molecule has 1 unspecified atom stereocenters. The third-order valence-corrected chi connectivity index (χ3v) is 2.84. The van der Waals surface area contributed by atoms with Crippen LogP contribution >= 0.6 is 0 Å². The summed E-state index contributed by atoms with van der Waals surface area (Å²) in [7, 11) is 0. The third kappa shape index (κ3) is 5.03. The van der Waals surface area contributed by atoms with Gasteiger partial charge in [0.2, 0.25) is 0 Å². The highest BCUT2D eigenvalue weighted by molar-refractivity contribution is 5.85. The zero-order valence-corrected chi connectivity index (χ0v) is 10.9. The van der Waals surface area contributed by atoms with Crippen molar-refractivity contribution in [2.75, 3.05) is 0 Å². The van der Waals surface area contributed by atoms with Gasteiger partial charge in [-0.25, -0.2) is 9.68 Å². The summed E-state index contributed by atoms with van der Waals surface area (Å²) >= 11 is 0. The van der Waals surface area contributed by atoms with Crippen LogP contribution in [0.3, 0.4) is 0 Å². The highest BCUT2D eigenvalue weighted by Gasteiger charge is 2.37. The summed E-state index contributed by atoms with van der Waals surface area (Å²) in [5, 5.41) is 8.07. The lowest BCUT2D eigenvalue weighted by Gasteiger charge is -2.28. The maximum Gasteiger partial charge on any atom is 0.558 e. The van der Waals surface area contributed by atoms with Crippen LogP contribution in [0.4, 0.5) is 9.59 Å². The van der Waals surface area contributed by atoms with E-state index in [1.165, 1.54) is 0 Å². The topological polar surface area (TPSA) is 99.1 Å². The van der Waals surface area contributed by atoms with Crippen LogP contribution < -0.4 is 0 Å². The van der Waals surface area contributed by atoms with Crippen LogP contribution in [0.15, 0.2) is 0 Å². The van der Waals surface area contributed by atoms with E-state index in [2.05, 4.69) is 14.5 Å². The molecule has 0 aromatic heterocycles. The van der Waals surface area contributed by atoms with E-state index in [1.807, 2.05) is 13.8 Å². The molecule has 0 rings (SSSR count). The van der Waals surface area contributed by atoms with Crippen molar-refractivity contribution >= 4 is 18.3 Å². The molecule has 0 spiro atoms. The standard InChI is InChI=1S/C11H18O7/c1-5-6-7(2)11(3,4)8(12)16-10(15)18-17-9(13)14/h7H,5-6H2,1-4H3,(H,13,14). The van der Waals surface area contributed by atoms with E-state index in [0.717, 1.165) is 12.8 Å². The second kappa shape index (κ2) is 6.83. The van der Waals surface area contributed by atoms with Gasteiger partial charge >= 0.3 is 18.3 Å². The Bertz CT molecular complexity index is 321. The number of carboxylic acid groups (broad SMARTS) is 1. The van der Waals surface area contributed by atoms with Gasteiger partial charge in [-0.15, -0.1) is 0 Å². The molecule has 7 nitrogen and oxygen atoms in total. The van der Waals surface area contributed by atoms with Crippen molar-refractivity contribution in [2.24, 2.45) is 11.3 Å². The van der Waals surface area contributed by atoms with Crippen molar-refractivity contribution in [2.45, 2.75) is 40.5 Å². The Morgan fingerprint density at radius 1 is 1.22 bits per heavy atom. The van der Waals surface area contributed by atoms with Crippen molar-refractivity contribution in [3.05, 3.63) is 0 Å². The van der Waals surface area contributed by atoms with Crippen LogP contribution in [-0.4, -0.2) is 23.4 Å². The van der Waals surface area contributed by atoms with Gasteiger partial charge < -0.3 is 9.84 Å². The fraction of sp³-hybridized carbons (Fsp3) is 0.727. The molecule has 0 radical (unpaired) electrons. The smallest absolute Gasteiger partial charge is 0.447 e. The lowest BCUT2D eigenvalue weighted by atomic mass is 9.78. The number of carbonyl (C=O) groups is 3. The fourth-order valence-corrected chi connectivity index (χ4v) is 1.29. The Morgan fingerprint density at radius 3 is 2.22 bits per heavy atom. The number of ether oxygens (including phenoxy) is 1. The Kier molecular flexibility index (Phi) is 6.15. The molecular formula is C11H18O7. The van der Waals surface area contributed by atoms with Gasteiger partial charge in [0.15, 0.2) is 0 Å². The van der Waals surface area contributed by atoms with Crippen LogP contribution in [-0.2, 0) is 19.3 Å². The summed E-state index contributed by atoms with van der Waals surface area (Å²) in [5.41, 5.74) is -0.877. The minimum absolute atomic E-state index is 0.00296. The van der Waals surface area contributed by atoms with E-state index in [9.17, 15) is 14.4 Å². The molecule has 0 aliphatic heterocycles. The van der Waals surface area contributed by atoms with Gasteiger partial charge in [-0.2, -0.15) is 9.68 Å². The Labute approximate surface area is 105 Å². The van der Waals surface area contributed by atoms with E-state index >= 15 is 0 Å². The molecule has 0 aliphatic rings. The monoisotopic (exact) mass is 262 g/mol. The SMILES string of the molecule is CCCC(C)C(C)(C)C(=O)OC(=O)OOC(=O)O. The summed E-state index contributed by atoms with van der Waals surface area (Å²) in [6.07, 6.45) is -1.62. The minimum Gasteiger partial charge on any atom is -0.447 e. The van der Waals surface area contributed by atoms with Gasteiger partial charge in [-0.3, -0.25) is 4.79 Å². The molecule has 0 saturated carbocycles. The zero-order valence-electron chi connectivity index (χ0n) is 10.9. The molecule has 0 saturated heterocycles. The third-order valence-electron chi connectivity index (χ3n) is 2.84. The molecule has 0 aliphatic carbocycles. The first-order chi connectivity index (χ1) is 8.21. The first-order valence-electron chi connectivity index (χ1n) is 5.55. The number of rotatable bonds is 4. The van der Waals surface area contributed by atoms with Crippen molar-refractivity contribution in [3.63, 3.8) is 0 Å². The van der Waals surface area contributed by atoms with E-state index in [0.29, 0.717) is 0 Å². The number of esters is 1. The molecular weight excluding hydrogens is 244 g/mol. The predicted octanol–water partition coefficient (Wildman–Crippen LogP) is 2.74. The predicted molar refractivity (Wildman–Crippen MR) is 59.5 cm³/mol. The van der Waals surface area contributed by atoms with E-state index in [4.69, 9.17) is 5.11 Å². The summed E-state index contributed by atoms with van der Waals surface area (Å²) in [6, 6.07) is 0. The lowest BCUT2D eigenvalue weighted by molar-refractivity contribution is -0.216. The Morgan fingerprint density at radius 2 is 1.78 bits per heavy atom. The fourth-order valence-electron chi connectivity index (χ4n) is 1.29. The molecule has 1 N–H and O–H groups in total. The molecule has 0 bridgehead atoms.